The van der Waals surface area contributed by atoms with Crippen LogP contribution in [0.15, 0.2) is 450 Å². The average molecular weight is 1870 g/mol. The van der Waals surface area contributed by atoms with Gasteiger partial charge in [0.2, 0.25) is 0 Å². The van der Waals surface area contributed by atoms with Crippen molar-refractivity contribution < 1.29 is 13.3 Å². The number of fused-ring (bicyclic) bond motifs is 29. The Hall–Kier alpha value is -21.2. The lowest BCUT2D eigenvalue weighted by atomic mass is 9.97. The Labute approximate surface area is 837 Å². The largest absolute Gasteiger partial charge is 0.456 e. The lowest BCUT2D eigenvalue weighted by molar-refractivity contribution is 0.669. The third-order valence-electron chi connectivity index (χ3n) is 29.3. The summed E-state index contributed by atoms with van der Waals surface area (Å²) >= 11 is 0. The van der Waals surface area contributed by atoms with Crippen molar-refractivity contribution >= 4 is 214 Å². The van der Waals surface area contributed by atoms with Gasteiger partial charge in [-0.05, 0) is 152 Å². The van der Waals surface area contributed by atoms with Crippen LogP contribution in [0.3, 0.4) is 0 Å². The molecular weight excluding hydrogens is 1800 g/mol. The summed E-state index contributed by atoms with van der Waals surface area (Å²) in [5.74, 6) is 0. The summed E-state index contributed by atoms with van der Waals surface area (Å²) in [7, 11) is 0. The Balaban J connectivity index is 0.000000107. The second kappa shape index (κ2) is 33.2. The van der Waals surface area contributed by atoms with Gasteiger partial charge in [0.1, 0.15) is 34.0 Å². The molecule has 15 heteroatoms. The van der Waals surface area contributed by atoms with Crippen molar-refractivity contribution in [3.63, 3.8) is 0 Å². The van der Waals surface area contributed by atoms with Gasteiger partial charge in [0.25, 0.3) is 0 Å². The monoisotopic (exact) mass is 1870 g/mol. The molecule has 0 fully saturated rings. The van der Waals surface area contributed by atoms with E-state index >= 15 is 0 Å². The topological polar surface area (TPSA) is 153 Å². The van der Waals surface area contributed by atoms with E-state index in [9.17, 15) is 15.8 Å². The molecule has 0 aliphatic rings. The minimum absolute atomic E-state index is 0.541. The molecule has 0 aliphatic heterocycles. The van der Waals surface area contributed by atoms with Gasteiger partial charge in [-0.15, -0.1) is 0 Å². The maximum absolute atomic E-state index is 10.7. The fraction of sp³-hybridized carbons (Fsp3) is 0. The van der Waals surface area contributed by atoms with Crippen LogP contribution in [0.1, 0.15) is 16.7 Å². The second-order valence-corrected chi connectivity index (χ2v) is 36.9. The molecule has 15 nitrogen and oxygen atoms in total. The maximum atomic E-state index is 10.7. The average Bonchev–Trinajstić information content (AvgIpc) is 1.55. The number of furan rings is 3. The number of para-hydroxylation sites is 13. The fourth-order valence-corrected chi connectivity index (χ4v) is 23.1. The Kier molecular flexibility index (Phi) is 19.0. The van der Waals surface area contributed by atoms with Gasteiger partial charge in [0.15, 0.2) is 22.6 Å². The van der Waals surface area contributed by atoms with Crippen LogP contribution in [0.2, 0.25) is 0 Å². The van der Waals surface area contributed by atoms with Crippen LogP contribution in [0.5, 0.6) is 0 Å². The molecule has 0 unspecified atom stereocenters. The molecule has 9 heterocycles. The first kappa shape index (κ1) is 83.9. The van der Waals surface area contributed by atoms with Gasteiger partial charge in [0.05, 0.1) is 137 Å². The van der Waals surface area contributed by atoms with E-state index in [0.29, 0.717) is 33.8 Å². The summed E-state index contributed by atoms with van der Waals surface area (Å²) in [4.78, 5) is 11.5. The van der Waals surface area contributed by atoms with E-state index in [4.69, 9.17) is 33.0 Å². The maximum Gasteiger partial charge on any atom is 0.189 e. The van der Waals surface area contributed by atoms with Gasteiger partial charge in [-0.25, -0.2) is 14.5 Å². The summed E-state index contributed by atoms with van der Waals surface area (Å²) in [6.45, 7) is 23.8. The highest BCUT2D eigenvalue weighted by Gasteiger charge is 2.31. The first-order valence-corrected chi connectivity index (χ1v) is 48.4. The summed E-state index contributed by atoms with van der Waals surface area (Å²) in [5.41, 5.74) is 31.3. The van der Waals surface area contributed by atoms with Gasteiger partial charge in [0, 0.05) is 148 Å². The minimum Gasteiger partial charge on any atom is -0.456 e. The molecule has 0 N–H and O–H groups in total. The summed E-state index contributed by atoms with van der Waals surface area (Å²) in [6.07, 6.45) is 0. The van der Waals surface area contributed by atoms with Crippen molar-refractivity contribution in [2.45, 2.75) is 0 Å². The third-order valence-corrected chi connectivity index (χ3v) is 29.3. The molecule has 0 spiro atoms. The van der Waals surface area contributed by atoms with Crippen LogP contribution in [0, 0.1) is 53.7 Å². The van der Waals surface area contributed by atoms with E-state index < -0.39 is 0 Å². The van der Waals surface area contributed by atoms with E-state index in [1.165, 1.54) is 0 Å². The molecular formula is C132H72N12O3. The van der Waals surface area contributed by atoms with Gasteiger partial charge in [-0.3, -0.25) is 0 Å². The van der Waals surface area contributed by atoms with Crippen LogP contribution in [-0.4, -0.2) is 27.4 Å². The number of nitrogens with zero attached hydrogens (tertiary/aromatic N) is 12. The van der Waals surface area contributed by atoms with Gasteiger partial charge < -0.3 is 40.7 Å². The molecule has 30 aromatic rings. The standard InChI is InChI=1S/3C44H24N4O/c1-46-28-21-22-32(40(23-28)47-37-17-6-2-12-29(37)30-13-3-7-18-38(30)47)34-16-10-11-27(26-45)44(34)48-39-19-8-4-14-31(39)35-24-36-33-15-5-9-20-42(33)49-43(36)25-41(35)48;1-46-28-19-20-32(41(25-28)47-37-14-6-2-10-29(37)30-11-3-7-15-38(30)47)36-24-27(26-45)18-23-40(36)48-39-16-8-4-12-31(39)34-21-22-35-33-13-5-9-17-42(33)49-44(35)43(34)48;1-46-28-19-21-33(40(25-28)47-36-14-6-2-10-29(36)30-11-3-7-15-37(30)47)32-20-18-27(26-45)24-39(32)48-38-16-8-4-12-31(38)34-22-23-42-43(44(34)48)35-13-5-9-17-41(35)49-42/h3*2-25H. The second-order valence-electron chi connectivity index (χ2n) is 36.9. The molecule has 0 bridgehead atoms. The first-order valence-electron chi connectivity index (χ1n) is 48.4. The number of benzene rings is 21. The van der Waals surface area contributed by atoms with Crippen LogP contribution in [0.25, 0.3) is 279 Å². The zero-order valence-electron chi connectivity index (χ0n) is 78.2. The van der Waals surface area contributed by atoms with Gasteiger partial charge >= 0.3 is 0 Å². The zero-order valence-corrected chi connectivity index (χ0v) is 78.2. The molecule has 0 radical (unpaired) electrons. The van der Waals surface area contributed by atoms with Crippen molar-refractivity contribution in [1.29, 1.82) is 15.8 Å². The van der Waals surface area contributed by atoms with Gasteiger partial charge in [-0.1, -0.05) is 279 Å². The SMILES string of the molecule is [C-]#[N+]c1ccc(-c2cc(C#N)ccc2-n2c3ccccc3c3ccc4c5ccccc5oc4c32)c(-n2c3ccccc3c3ccccc32)c1.[C-]#[N+]c1ccc(-c2ccc(C#N)cc2-n2c3ccccc3c3ccc4oc5ccccc5c4c32)c(-n2c3ccccc3c3ccccc32)c1.[C-]#[N+]c1ccc(-c2cccc(C#N)c2-n2c3ccccc3c3cc4c(cc32)oc2ccccc24)c(-n2c3ccccc3c3ccccc32)c1. The van der Waals surface area contributed by atoms with Crippen LogP contribution in [0.4, 0.5) is 17.1 Å². The molecule has 0 saturated heterocycles. The molecule has 30 rings (SSSR count). The molecule has 21 aromatic carbocycles. The molecule has 0 atom stereocenters. The Morgan fingerprint density at radius 1 is 0.197 bits per heavy atom. The van der Waals surface area contributed by atoms with Crippen LogP contribution < -0.4 is 0 Å². The smallest absolute Gasteiger partial charge is 0.189 e. The molecule has 0 aliphatic carbocycles. The molecule has 0 saturated carbocycles. The quantitative estimate of drug-likeness (QED) is 0.131. The predicted molar refractivity (Wildman–Crippen MR) is 596 cm³/mol. The molecule has 0 amide bonds. The van der Waals surface area contributed by atoms with E-state index in [0.717, 1.165) is 264 Å². The molecule has 147 heavy (non-hydrogen) atoms. The minimum atomic E-state index is 0.541. The van der Waals surface area contributed by atoms with Crippen molar-refractivity contribution in [2.75, 3.05) is 0 Å². The van der Waals surface area contributed by atoms with Crippen molar-refractivity contribution in [3.8, 4) is 85.7 Å². The lowest BCUT2D eigenvalue weighted by Gasteiger charge is -2.20. The summed E-state index contributed by atoms with van der Waals surface area (Å²) in [5, 5.41) is 50.9. The van der Waals surface area contributed by atoms with E-state index in [1.807, 2.05) is 164 Å². The third kappa shape index (κ3) is 12.8. The highest BCUT2D eigenvalue weighted by atomic mass is 16.3. The normalized spacial score (nSPS) is 11.6. The number of aromatic nitrogens is 6. The lowest BCUT2D eigenvalue weighted by Crippen LogP contribution is -2.03. The fourth-order valence-electron chi connectivity index (χ4n) is 23.1. The van der Waals surface area contributed by atoms with Crippen LogP contribution in [-0.2, 0) is 0 Å². The Morgan fingerprint density at radius 3 is 1.02 bits per heavy atom. The first-order chi connectivity index (χ1) is 72.7. The number of hydrogen-bond donors (Lipinski definition) is 0. The van der Waals surface area contributed by atoms with Crippen molar-refractivity contribution in [1.82, 2.24) is 27.4 Å². The predicted octanol–water partition coefficient (Wildman–Crippen LogP) is 35.6. The van der Waals surface area contributed by atoms with Gasteiger partial charge in [-0.2, -0.15) is 15.8 Å². The summed E-state index contributed by atoms with van der Waals surface area (Å²) < 4.78 is 33.0. The van der Waals surface area contributed by atoms with E-state index in [-0.39, 0.29) is 0 Å². The number of hydrogen-bond acceptors (Lipinski definition) is 6. The summed E-state index contributed by atoms with van der Waals surface area (Å²) in [6, 6.07) is 156. The zero-order chi connectivity index (χ0) is 97.9. The Morgan fingerprint density at radius 2 is 0.544 bits per heavy atom. The number of rotatable bonds is 9. The van der Waals surface area contributed by atoms with Crippen molar-refractivity contribution in [3.05, 3.63) is 488 Å². The highest BCUT2D eigenvalue weighted by Crippen LogP contribution is 2.52. The molecule has 9 aromatic heterocycles. The van der Waals surface area contributed by atoms with Crippen molar-refractivity contribution in [2.24, 2.45) is 0 Å². The van der Waals surface area contributed by atoms with Crippen LogP contribution >= 0.6 is 0 Å². The number of nitriles is 3. The van der Waals surface area contributed by atoms with E-state index in [1.54, 1.807) is 0 Å². The van der Waals surface area contributed by atoms with E-state index in [2.05, 4.69) is 333 Å². The highest BCUT2D eigenvalue weighted by molar-refractivity contribution is 6.27. The molecule has 678 valence electrons. The Bertz CT molecular complexity index is 11100.